The summed E-state index contributed by atoms with van der Waals surface area (Å²) in [5.41, 5.74) is 0.0314. The van der Waals surface area contributed by atoms with Crippen molar-refractivity contribution in [3.8, 4) is 0 Å². The van der Waals surface area contributed by atoms with E-state index in [1.807, 2.05) is 13.8 Å². The number of ether oxygens (including phenoxy) is 1. The fourth-order valence-corrected chi connectivity index (χ4v) is 3.91. The van der Waals surface area contributed by atoms with Gasteiger partial charge in [-0.15, -0.1) is 11.3 Å². The molecule has 1 unspecified atom stereocenters. The standard InChI is InChI=1S/C15H26N2O2S/c1-11-6-5-7-17(8-11)9-13-16-12(10-19-4)14(20-13)15(2,3)18/h11,18H,5-10H2,1-4H3. The van der Waals surface area contributed by atoms with E-state index < -0.39 is 5.60 Å². The highest BCUT2D eigenvalue weighted by molar-refractivity contribution is 7.11. The second-order valence-electron chi connectivity index (χ2n) is 6.36. The van der Waals surface area contributed by atoms with Crippen LogP contribution in [0.3, 0.4) is 0 Å². The molecular formula is C15H26N2O2S. The molecule has 5 heteroatoms. The first kappa shape index (κ1) is 15.9. The summed E-state index contributed by atoms with van der Waals surface area (Å²) < 4.78 is 5.20. The van der Waals surface area contributed by atoms with Gasteiger partial charge in [0.2, 0.25) is 0 Å². The van der Waals surface area contributed by atoms with Gasteiger partial charge in [-0.2, -0.15) is 0 Å². The molecule has 1 aliphatic heterocycles. The van der Waals surface area contributed by atoms with Gasteiger partial charge in [0, 0.05) is 13.7 Å². The summed E-state index contributed by atoms with van der Waals surface area (Å²) in [4.78, 5) is 8.08. The maximum atomic E-state index is 10.3. The molecular weight excluding hydrogens is 272 g/mol. The Labute approximate surface area is 125 Å². The van der Waals surface area contributed by atoms with Gasteiger partial charge in [0.15, 0.2) is 0 Å². The lowest BCUT2D eigenvalue weighted by molar-refractivity contribution is 0.0782. The van der Waals surface area contributed by atoms with Gasteiger partial charge in [0.05, 0.1) is 29.3 Å². The molecule has 0 aliphatic carbocycles. The van der Waals surface area contributed by atoms with E-state index in [1.54, 1.807) is 18.4 Å². The molecule has 0 saturated carbocycles. The van der Waals surface area contributed by atoms with Crippen molar-refractivity contribution in [3.63, 3.8) is 0 Å². The van der Waals surface area contributed by atoms with Crippen LogP contribution in [0.1, 0.15) is 49.2 Å². The number of nitrogens with zero attached hydrogens (tertiary/aromatic N) is 2. The van der Waals surface area contributed by atoms with Crippen LogP contribution in [0.5, 0.6) is 0 Å². The first-order valence-electron chi connectivity index (χ1n) is 7.33. The second-order valence-corrected chi connectivity index (χ2v) is 7.44. The molecule has 1 fully saturated rings. The maximum absolute atomic E-state index is 10.3. The first-order chi connectivity index (χ1) is 9.40. The Kier molecular flexibility index (Phi) is 5.18. The third kappa shape index (κ3) is 4.01. The van der Waals surface area contributed by atoms with E-state index in [-0.39, 0.29) is 0 Å². The highest BCUT2D eigenvalue weighted by Gasteiger charge is 2.26. The Balaban J connectivity index is 2.12. The van der Waals surface area contributed by atoms with Crippen molar-refractivity contribution in [2.75, 3.05) is 20.2 Å². The smallest absolute Gasteiger partial charge is 0.107 e. The zero-order valence-corrected chi connectivity index (χ0v) is 13.8. The number of rotatable bonds is 5. The van der Waals surface area contributed by atoms with E-state index in [0.717, 1.165) is 41.1 Å². The molecule has 0 radical (unpaired) electrons. The molecule has 114 valence electrons. The van der Waals surface area contributed by atoms with Gasteiger partial charge in [-0.05, 0) is 39.2 Å². The molecule has 4 nitrogen and oxygen atoms in total. The van der Waals surface area contributed by atoms with Crippen LogP contribution < -0.4 is 0 Å². The normalized spacial score (nSPS) is 21.4. The zero-order chi connectivity index (χ0) is 14.8. The third-order valence-electron chi connectivity index (χ3n) is 3.68. The van der Waals surface area contributed by atoms with Crippen LogP contribution >= 0.6 is 11.3 Å². The zero-order valence-electron chi connectivity index (χ0n) is 13.0. The molecule has 1 aromatic rings. The summed E-state index contributed by atoms with van der Waals surface area (Å²) in [6.07, 6.45) is 2.61. The lowest BCUT2D eigenvalue weighted by Crippen LogP contribution is -2.33. The summed E-state index contributed by atoms with van der Waals surface area (Å²) in [6, 6.07) is 0. The van der Waals surface area contributed by atoms with Crippen LogP contribution in [-0.4, -0.2) is 35.2 Å². The summed E-state index contributed by atoms with van der Waals surface area (Å²) in [6.45, 7) is 9.60. The number of methoxy groups -OCH3 is 1. The minimum atomic E-state index is -0.848. The molecule has 2 heterocycles. The first-order valence-corrected chi connectivity index (χ1v) is 8.14. The summed E-state index contributed by atoms with van der Waals surface area (Å²) in [5.74, 6) is 0.774. The summed E-state index contributed by atoms with van der Waals surface area (Å²) >= 11 is 1.62. The fraction of sp³-hybridized carbons (Fsp3) is 0.800. The van der Waals surface area contributed by atoms with Crippen LogP contribution in [0.25, 0.3) is 0 Å². The lowest BCUT2D eigenvalue weighted by Gasteiger charge is -2.29. The number of thiazole rings is 1. The number of likely N-dealkylation sites (tertiary alicyclic amines) is 1. The van der Waals surface area contributed by atoms with Gasteiger partial charge in [-0.1, -0.05) is 6.92 Å². The second kappa shape index (κ2) is 6.52. The summed E-state index contributed by atoms with van der Waals surface area (Å²) in [7, 11) is 1.67. The number of aliphatic hydroxyl groups is 1. The van der Waals surface area contributed by atoms with Crippen LogP contribution in [0.2, 0.25) is 0 Å². The molecule has 2 rings (SSSR count). The van der Waals surface area contributed by atoms with Crippen molar-refractivity contribution in [3.05, 3.63) is 15.6 Å². The van der Waals surface area contributed by atoms with Crippen LogP contribution in [0.4, 0.5) is 0 Å². The molecule has 1 aromatic heterocycles. The Morgan fingerprint density at radius 3 is 2.85 bits per heavy atom. The minimum absolute atomic E-state index is 0.465. The number of piperidine rings is 1. The van der Waals surface area contributed by atoms with Crippen molar-refractivity contribution in [1.82, 2.24) is 9.88 Å². The van der Waals surface area contributed by atoms with Gasteiger partial charge in [0.1, 0.15) is 5.01 Å². The number of aromatic nitrogens is 1. The van der Waals surface area contributed by atoms with E-state index in [9.17, 15) is 5.11 Å². The fourth-order valence-electron chi connectivity index (χ4n) is 2.80. The monoisotopic (exact) mass is 298 g/mol. The van der Waals surface area contributed by atoms with Crippen molar-refractivity contribution in [2.45, 2.75) is 52.4 Å². The van der Waals surface area contributed by atoms with E-state index in [1.165, 1.54) is 12.8 Å². The highest BCUT2D eigenvalue weighted by atomic mass is 32.1. The average molecular weight is 298 g/mol. The lowest BCUT2D eigenvalue weighted by atomic mass is 10.0. The van der Waals surface area contributed by atoms with Crippen molar-refractivity contribution < 1.29 is 9.84 Å². The molecule has 0 spiro atoms. The van der Waals surface area contributed by atoms with E-state index in [0.29, 0.717) is 6.61 Å². The van der Waals surface area contributed by atoms with Crippen molar-refractivity contribution in [1.29, 1.82) is 0 Å². The molecule has 1 N–H and O–H groups in total. The topological polar surface area (TPSA) is 45.6 Å². The molecule has 0 aromatic carbocycles. The predicted molar refractivity (Wildman–Crippen MR) is 81.7 cm³/mol. The Hall–Kier alpha value is -0.490. The molecule has 0 amide bonds. The number of hydrogen-bond acceptors (Lipinski definition) is 5. The third-order valence-corrected chi connectivity index (χ3v) is 5.07. The van der Waals surface area contributed by atoms with Crippen LogP contribution in [0, 0.1) is 5.92 Å². The molecule has 0 bridgehead atoms. The number of hydrogen-bond donors (Lipinski definition) is 1. The van der Waals surface area contributed by atoms with Crippen LogP contribution in [0.15, 0.2) is 0 Å². The minimum Gasteiger partial charge on any atom is -0.385 e. The van der Waals surface area contributed by atoms with Gasteiger partial charge in [0.25, 0.3) is 0 Å². The Morgan fingerprint density at radius 2 is 2.25 bits per heavy atom. The van der Waals surface area contributed by atoms with E-state index in [2.05, 4.69) is 16.8 Å². The Morgan fingerprint density at radius 1 is 1.50 bits per heavy atom. The molecule has 1 atom stereocenters. The predicted octanol–water partition coefficient (Wildman–Crippen LogP) is 2.75. The highest BCUT2D eigenvalue weighted by Crippen LogP contribution is 2.31. The van der Waals surface area contributed by atoms with Gasteiger partial charge < -0.3 is 9.84 Å². The molecule has 1 saturated heterocycles. The Bertz CT molecular complexity index is 440. The van der Waals surface area contributed by atoms with Crippen LogP contribution in [-0.2, 0) is 23.5 Å². The van der Waals surface area contributed by atoms with Gasteiger partial charge in [-0.25, -0.2) is 4.98 Å². The van der Waals surface area contributed by atoms with Crippen molar-refractivity contribution in [2.24, 2.45) is 5.92 Å². The van der Waals surface area contributed by atoms with Crippen molar-refractivity contribution >= 4 is 11.3 Å². The molecule has 20 heavy (non-hydrogen) atoms. The molecule has 1 aliphatic rings. The SMILES string of the molecule is COCc1nc(CN2CCCC(C)C2)sc1C(C)(C)O. The van der Waals surface area contributed by atoms with Gasteiger partial charge in [-0.3, -0.25) is 4.90 Å². The maximum Gasteiger partial charge on any atom is 0.107 e. The summed E-state index contributed by atoms with van der Waals surface area (Å²) in [5, 5.41) is 11.3. The van der Waals surface area contributed by atoms with Gasteiger partial charge >= 0.3 is 0 Å². The largest absolute Gasteiger partial charge is 0.385 e. The average Bonchev–Trinajstić information content (AvgIpc) is 2.72. The van der Waals surface area contributed by atoms with E-state index >= 15 is 0 Å². The van der Waals surface area contributed by atoms with E-state index in [4.69, 9.17) is 4.74 Å². The quantitative estimate of drug-likeness (QED) is 0.908.